The molecule has 11 heteroatoms. The summed E-state index contributed by atoms with van der Waals surface area (Å²) in [4.78, 5) is 12.4. The zero-order valence-electron chi connectivity index (χ0n) is 18.0. The van der Waals surface area contributed by atoms with Crippen LogP contribution in [0.15, 0.2) is 53.6 Å². The number of rotatable bonds is 7. The number of aryl methyl sites for hydroxylation is 1. The van der Waals surface area contributed by atoms with Crippen LogP contribution in [0.5, 0.6) is 0 Å². The molecular formula is C22H21Cl3N4O3S. The largest absolute Gasteiger partial charge is 0.318 e. The van der Waals surface area contributed by atoms with Gasteiger partial charge in [-0.3, -0.25) is 9.10 Å². The lowest BCUT2D eigenvalue weighted by atomic mass is 10.2. The van der Waals surface area contributed by atoms with Gasteiger partial charge >= 0.3 is 0 Å². The van der Waals surface area contributed by atoms with Crippen molar-refractivity contribution in [2.45, 2.75) is 13.8 Å². The summed E-state index contributed by atoms with van der Waals surface area (Å²) in [5.74, 6) is -0.616. The first kappa shape index (κ1) is 25.1. The maximum absolute atomic E-state index is 12.4. The fourth-order valence-corrected chi connectivity index (χ4v) is 4.76. The maximum Gasteiger partial charge on any atom is 0.260 e. The smallest absolute Gasteiger partial charge is 0.260 e. The van der Waals surface area contributed by atoms with E-state index in [1.165, 1.54) is 12.3 Å². The molecule has 3 rings (SSSR count). The van der Waals surface area contributed by atoms with Crippen molar-refractivity contribution in [3.63, 3.8) is 0 Å². The standard InChI is InChI=1S/C22H21Cl3N4O3S/c1-14-10-16(15(2)29(14)17-8-9-18(23)20(25)11-17)12-26-27-22(30)13-28(33(3,31)32)21-7-5-4-6-19(21)24/h4-12H,13H2,1-3H3,(H,27,30)/b26-12+. The summed E-state index contributed by atoms with van der Waals surface area (Å²) in [5, 5.41) is 5.12. The van der Waals surface area contributed by atoms with Gasteiger partial charge in [-0.1, -0.05) is 46.9 Å². The monoisotopic (exact) mass is 526 g/mol. The summed E-state index contributed by atoms with van der Waals surface area (Å²) in [5.41, 5.74) is 5.99. The molecule has 0 fully saturated rings. The van der Waals surface area contributed by atoms with Gasteiger partial charge in [-0.05, 0) is 50.2 Å². The molecule has 0 unspecified atom stereocenters. The van der Waals surface area contributed by atoms with E-state index in [2.05, 4.69) is 10.5 Å². The van der Waals surface area contributed by atoms with Crippen molar-refractivity contribution in [3.8, 4) is 5.69 Å². The molecule has 2 aromatic carbocycles. The van der Waals surface area contributed by atoms with Gasteiger partial charge in [0, 0.05) is 22.6 Å². The fraction of sp³-hybridized carbons (Fsp3) is 0.182. The number of nitrogens with one attached hydrogen (secondary N) is 1. The maximum atomic E-state index is 12.4. The van der Waals surface area contributed by atoms with Crippen LogP contribution in [0.3, 0.4) is 0 Å². The number of hydrogen-bond acceptors (Lipinski definition) is 4. The van der Waals surface area contributed by atoms with E-state index in [1.54, 1.807) is 30.3 Å². The molecule has 1 N–H and O–H groups in total. The number of hydrogen-bond donors (Lipinski definition) is 1. The number of para-hydroxylation sites is 1. The van der Waals surface area contributed by atoms with Crippen LogP contribution in [0.1, 0.15) is 17.0 Å². The number of carbonyl (C=O) groups excluding carboxylic acids is 1. The second kappa shape index (κ2) is 10.2. The molecule has 0 atom stereocenters. The van der Waals surface area contributed by atoms with Gasteiger partial charge in [0.25, 0.3) is 5.91 Å². The lowest BCUT2D eigenvalue weighted by Gasteiger charge is -2.22. The predicted molar refractivity (Wildman–Crippen MR) is 135 cm³/mol. The van der Waals surface area contributed by atoms with Gasteiger partial charge in [-0.2, -0.15) is 5.10 Å². The minimum atomic E-state index is -3.75. The molecule has 0 aliphatic heterocycles. The van der Waals surface area contributed by atoms with E-state index >= 15 is 0 Å². The second-order valence-electron chi connectivity index (χ2n) is 7.27. The van der Waals surface area contributed by atoms with E-state index in [1.807, 2.05) is 30.5 Å². The molecule has 0 radical (unpaired) electrons. The van der Waals surface area contributed by atoms with Crippen LogP contribution < -0.4 is 9.73 Å². The zero-order chi connectivity index (χ0) is 24.3. The van der Waals surface area contributed by atoms with E-state index in [4.69, 9.17) is 34.8 Å². The van der Waals surface area contributed by atoms with Crippen molar-refractivity contribution >= 4 is 62.6 Å². The number of halogens is 3. The summed E-state index contributed by atoms with van der Waals surface area (Å²) in [7, 11) is -3.75. The first-order chi connectivity index (χ1) is 15.5. The average molecular weight is 528 g/mol. The topological polar surface area (TPSA) is 83.8 Å². The molecule has 0 aliphatic carbocycles. The average Bonchev–Trinajstić information content (AvgIpc) is 3.01. The molecule has 3 aromatic rings. The van der Waals surface area contributed by atoms with E-state index in [9.17, 15) is 13.2 Å². The van der Waals surface area contributed by atoms with E-state index in [-0.39, 0.29) is 10.7 Å². The van der Waals surface area contributed by atoms with Gasteiger partial charge in [0.05, 0.1) is 33.2 Å². The second-order valence-corrected chi connectivity index (χ2v) is 10.4. The molecule has 33 heavy (non-hydrogen) atoms. The summed E-state index contributed by atoms with van der Waals surface area (Å²) < 4.78 is 27.3. The van der Waals surface area contributed by atoms with Crippen molar-refractivity contribution in [2.24, 2.45) is 5.10 Å². The van der Waals surface area contributed by atoms with E-state index < -0.39 is 22.5 Å². The van der Waals surface area contributed by atoms with Crippen LogP contribution in [0.25, 0.3) is 5.69 Å². The summed E-state index contributed by atoms with van der Waals surface area (Å²) in [6.07, 6.45) is 2.50. The molecule has 0 saturated carbocycles. The van der Waals surface area contributed by atoms with Crippen molar-refractivity contribution in [3.05, 3.63) is 80.6 Å². The number of benzene rings is 2. The van der Waals surface area contributed by atoms with Crippen molar-refractivity contribution in [1.29, 1.82) is 0 Å². The number of sulfonamides is 1. The molecule has 174 valence electrons. The molecule has 1 aromatic heterocycles. The van der Waals surface area contributed by atoms with Crippen LogP contribution in [-0.4, -0.2) is 37.9 Å². The number of nitrogens with zero attached hydrogens (tertiary/aromatic N) is 3. The lowest BCUT2D eigenvalue weighted by molar-refractivity contribution is -0.119. The first-order valence-corrected chi connectivity index (χ1v) is 12.7. The molecule has 1 heterocycles. The highest BCUT2D eigenvalue weighted by atomic mass is 35.5. The minimum Gasteiger partial charge on any atom is -0.318 e. The predicted octanol–water partition coefficient (Wildman–Crippen LogP) is 4.97. The Labute approximate surface area is 207 Å². The molecule has 1 amide bonds. The summed E-state index contributed by atoms with van der Waals surface area (Å²) in [6.45, 7) is 3.36. The highest BCUT2D eigenvalue weighted by molar-refractivity contribution is 7.92. The number of amides is 1. The third-order valence-electron chi connectivity index (χ3n) is 4.83. The fourth-order valence-electron chi connectivity index (χ4n) is 3.31. The minimum absolute atomic E-state index is 0.214. The number of aromatic nitrogens is 1. The van der Waals surface area contributed by atoms with Crippen LogP contribution in [0.4, 0.5) is 5.69 Å². The molecule has 7 nitrogen and oxygen atoms in total. The van der Waals surface area contributed by atoms with Gasteiger partial charge in [-0.15, -0.1) is 0 Å². The van der Waals surface area contributed by atoms with Gasteiger partial charge < -0.3 is 4.57 Å². The lowest BCUT2D eigenvalue weighted by Crippen LogP contribution is -2.39. The molecule has 0 aliphatic rings. The normalized spacial score (nSPS) is 11.7. The van der Waals surface area contributed by atoms with Crippen LogP contribution >= 0.6 is 34.8 Å². The Morgan fingerprint density at radius 3 is 2.39 bits per heavy atom. The Morgan fingerprint density at radius 2 is 1.76 bits per heavy atom. The Hall–Kier alpha value is -2.52. The number of carbonyl (C=O) groups is 1. The molecule has 0 spiro atoms. The van der Waals surface area contributed by atoms with Gasteiger partial charge in [-0.25, -0.2) is 13.8 Å². The molecule has 0 saturated heterocycles. The van der Waals surface area contributed by atoms with Crippen LogP contribution in [0.2, 0.25) is 15.1 Å². The Bertz CT molecular complexity index is 1340. The summed E-state index contributed by atoms with van der Waals surface area (Å²) >= 11 is 18.3. The zero-order valence-corrected chi connectivity index (χ0v) is 21.1. The number of hydrazone groups is 1. The third-order valence-corrected chi connectivity index (χ3v) is 7.02. The Kier molecular flexibility index (Phi) is 7.74. The third kappa shape index (κ3) is 5.89. The van der Waals surface area contributed by atoms with Crippen molar-refractivity contribution < 1.29 is 13.2 Å². The Balaban J connectivity index is 1.76. The Morgan fingerprint density at radius 1 is 1.06 bits per heavy atom. The highest BCUT2D eigenvalue weighted by Crippen LogP contribution is 2.28. The van der Waals surface area contributed by atoms with Gasteiger partial charge in [0.1, 0.15) is 6.54 Å². The SMILES string of the molecule is Cc1cc(/C=N/NC(=O)CN(c2ccccc2Cl)S(C)(=O)=O)c(C)n1-c1ccc(Cl)c(Cl)c1. The van der Waals surface area contributed by atoms with Crippen LogP contribution in [0, 0.1) is 13.8 Å². The molecule has 0 bridgehead atoms. The first-order valence-electron chi connectivity index (χ1n) is 9.67. The van der Waals surface area contributed by atoms with E-state index in [0.717, 1.165) is 33.2 Å². The van der Waals surface area contributed by atoms with E-state index in [0.29, 0.717) is 10.0 Å². The number of anilines is 1. The van der Waals surface area contributed by atoms with Crippen molar-refractivity contribution in [1.82, 2.24) is 9.99 Å². The van der Waals surface area contributed by atoms with Crippen LogP contribution in [-0.2, 0) is 14.8 Å². The van der Waals surface area contributed by atoms with Gasteiger partial charge in [0.15, 0.2) is 0 Å². The molecular weight excluding hydrogens is 507 g/mol. The van der Waals surface area contributed by atoms with Crippen molar-refractivity contribution in [2.75, 3.05) is 17.1 Å². The van der Waals surface area contributed by atoms with Gasteiger partial charge in [0.2, 0.25) is 10.0 Å². The summed E-state index contributed by atoms with van der Waals surface area (Å²) in [6, 6.07) is 13.6. The highest BCUT2D eigenvalue weighted by Gasteiger charge is 2.22. The quantitative estimate of drug-likeness (QED) is 0.348.